The average molecular weight is 439 g/mol. The number of halogens is 1. The molecule has 0 fully saturated rings. The van der Waals surface area contributed by atoms with Crippen molar-refractivity contribution in [1.82, 2.24) is 0 Å². The molecule has 0 aliphatic carbocycles. The molecule has 0 N–H and O–H groups in total. The van der Waals surface area contributed by atoms with Gasteiger partial charge in [0, 0.05) is 4.47 Å². The standard InChI is InChI=1S/C28H23Br/c1-20-6-10-22(11-7-20)14-16-24-4-3-5-26-27(29)19-18-25(28(24)26)17-15-23-12-8-21(2)9-13-23/h3-19H,1-2H3/b16-14-,17-15-. The summed E-state index contributed by atoms with van der Waals surface area (Å²) < 4.78 is 1.12. The number of hydrogen-bond donors (Lipinski definition) is 0. The van der Waals surface area contributed by atoms with Crippen LogP contribution in [0, 0.1) is 13.8 Å². The van der Waals surface area contributed by atoms with Gasteiger partial charge in [0.15, 0.2) is 0 Å². The van der Waals surface area contributed by atoms with E-state index in [1.807, 2.05) is 0 Å². The molecule has 0 atom stereocenters. The summed E-state index contributed by atoms with van der Waals surface area (Å²) in [5.41, 5.74) is 7.40. The Balaban J connectivity index is 1.77. The van der Waals surface area contributed by atoms with Gasteiger partial charge >= 0.3 is 0 Å². The second-order valence-corrected chi connectivity index (χ2v) is 8.25. The number of aryl methyl sites for hydroxylation is 2. The molecule has 0 aliphatic heterocycles. The SMILES string of the molecule is Cc1ccc(/C=C\c2cccc3c(Br)ccc(/C=C\c4ccc(C)cc4)c23)cc1. The second-order valence-electron chi connectivity index (χ2n) is 7.39. The molecule has 4 rings (SSSR count). The van der Waals surface area contributed by atoms with E-state index in [-0.39, 0.29) is 0 Å². The normalized spacial score (nSPS) is 11.7. The summed E-state index contributed by atoms with van der Waals surface area (Å²) >= 11 is 3.72. The van der Waals surface area contributed by atoms with Crippen molar-refractivity contribution in [1.29, 1.82) is 0 Å². The van der Waals surface area contributed by atoms with Crippen LogP contribution in [0.1, 0.15) is 33.4 Å². The molecule has 0 heterocycles. The maximum Gasteiger partial charge on any atom is 0.0254 e. The quantitative estimate of drug-likeness (QED) is 0.280. The Morgan fingerprint density at radius 3 is 1.62 bits per heavy atom. The van der Waals surface area contributed by atoms with E-state index in [2.05, 4.69) is 133 Å². The first-order valence-electron chi connectivity index (χ1n) is 9.81. The van der Waals surface area contributed by atoms with E-state index in [0.717, 1.165) is 4.47 Å². The highest BCUT2D eigenvalue weighted by molar-refractivity contribution is 9.10. The molecule has 0 aliphatic rings. The van der Waals surface area contributed by atoms with E-state index in [4.69, 9.17) is 0 Å². The molecular weight excluding hydrogens is 416 g/mol. The number of hydrogen-bond acceptors (Lipinski definition) is 0. The van der Waals surface area contributed by atoms with Gasteiger partial charge in [0.05, 0.1) is 0 Å². The van der Waals surface area contributed by atoms with Crippen molar-refractivity contribution >= 4 is 51.0 Å². The maximum atomic E-state index is 3.72. The molecule has 1 heteroatoms. The van der Waals surface area contributed by atoms with Crippen LogP contribution in [0.15, 0.2) is 83.3 Å². The molecule has 29 heavy (non-hydrogen) atoms. The van der Waals surface area contributed by atoms with Gasteiger partial charge in [-0.2, -0.15) is 0 Å². The lowest BCUT2D eigenvalue weighted by atomic mass is 9.97. The van der Waals surface area contributed by atoms with E-state index in [0.29, 0.717) is 0 Å². The largest absolute Gasteiger partial charge is 0.0610 e. The molecule has 0 saturated heterocycles. The van der Waals surface area contributed by atoms with Crippen LogP contribution in [0.2, 0.25) is 0 Å². The van der Waals surface area contributed by atoms with Gasteiger partial charge in [0.2, 0.25) is 0 Å². The van der Waals surface area contributed by atoms with Crippen molar-refractivity contribution < 1.29 is 0 Å². The molecule has 0 unspecified atom stereocenters. The second kappa shape index (κ2) is 8.63. The minimum atomic E-state index is 1.12. The van der Waals surface area contributed by atoms with Gasteiger partial charge in [-0.25, -0.2) is 0 Å². The van der Waals surface area contributed by atoms with Crippen LogP contribution >= 0.6 is 15.9 Å². The zero-order valence-electron chi connectivity index (χ0n) is 16.7. The Morgan fingerprint density at radius 1 is 0.552 bits per heavy atom. The summed E-state index contributed by atoms with van der Waals surface area (Å²) in [5, 5.41) is 2.48. The molecule has 0 bridgehead atoms. The van der Waals surface area contributed by atoms with Crippen molar-refractivity contribution in [2.45, 2.75) is 13.8 Å². The summed E-state index contributed by atoms with van der Waals surface area (Å²) in [6, 6.07) is 28.0. The predicted octanol–water partition coefficient (Wildman–Crippen LogP) is 8.56. The molecule has 4 aromatic rings. The number of rotatable bonds is 4. The fourth-order valence-corrected chi connectivity index (χ4v) is 3.89. The lowest BCUT2D eigenvalue weighted by molar-refractivity contribution is 1.46. The minimum absolute atomic E-state index is 1.12. The smallest absolute Gasteiger partial charge is 0.0254 e. The Bertz CT molecular complexity index is 1130. The van der Waals surface area contributed by atoms with E-state index < -0.39 is 0 Å². The van der Waals surface area contributed by atoms with E-state index in [1.165, 1.54) is 44.2 Å². The summed E-state index contributed by atoms with van der Waals surface area (Å²) in [6.45, 7) is 4.23. The zero-order chi connectivity index (χ0) is 20.2. The van der Waals surface area contributed by atoms with Gasteiger partial charge in [0.1, 0.15) is 0 Å². The highest BCUT2D eigenvalue weighted by atomic mass is 79.9. The first kappa shape index (κ1) is 19.4. The minimum Gasteiger partial charge on any atom is -0.0610 e. The summed E-state index contributed by atoms with van der Waals surface area (Å²) in [5.74, 6) is 0. The zero-order valence-corrected chi connectivity index (χ0v) is 18.3. The van der Waals surface area contributed by atoms with Crippen LogP contribution < -0.4 is 0 Å². The van der Waals surface area contributed by atoms with Gasteiger partial charge < -0.3 is 0 Å². The predicted molar refractivity (Wildman–Crippen MR) is 132 cm³/mol. The maximum absolute atomic E-state index is 3.72. The van der Waals surface area contributed by atoms with Crippen LogP contribution in [0.3, 0.4) is 0 Å². The van der Waals surface area contributed by atoms with Crippen molar-refractivity contribution in [2.75, 3.05) is 0 Å². The Hall–Kier alpha value is -2.90. The van der Waals surface area contributed by atoms with Crippen LogP contribution in [0.4, 0.5) is 0 Å². The van der Waals surface area contributed by atoms with Gasteiger partial charge in [-0.05, 0) is 52.9 Å². The molecule has 0 spiro atoms. The van der Waals surface area contributed by atoms with Crippen LogP contribution in [0.5, 0.6) is 0 Å². The first-order valence-corrected chi connectivity index (χ1v) is 10.6. The lowest BCUT2D eigenvalue weighted by Crippen LogP contribution is -1.85. The molecule has 142 valence electrons. The Kier molecular flexibility index (Phi) is 5.78. The van der Waals surface area contributed by atoms with Gasteiger partial charge in [-0.15, -0.1) is 0 Å². The highest BCUT2D eigenvalue weighted by Gasteiger charge is 2.06. The third-order valence-electron chi connectivity index (χ3n) is 5.12. The monoisotopic (exact) mass is 438 g/mol. The topological polar surface area (TPSA) is 0 Å². The highest BCUT2D eigenvalue weighted by Crippen LogP contribution is 2.32. The molecule has 0 amide bonds. The average Bonchev–Trinajstić information content (AvgIpc) is 2.74. The lowest BCUT2D eigenvalue weighted by Gasteiger charge is -2.09. The third-order valence-corrected chi connectivity index (χ3v) is 5.81. The number of fused-ring (bicyclic) bond motifs is 1. The molecule has 0 saturated carbocycles. The molecular formula is C28H23Br. The van der Waals surface area contributed by atoms with Crippen molar-refractivity contribution in [3.05, 3.63) is 117 Å². The van der Waals surface area contributed by atoms with Gasteiger partial charge in [-0.3, -0.25) is 0 Å². The molecule has 0 aromatic heterocycles. The summed E-state index contributed by atoms with van der Waals surface area (Å²) in [4.78, 5) is 0. The first-order chi connectivity index (χ1) is 14.1. The number of benzene rings is 4. The van der Waals surface area contributed by atoms with Gasteiger partial charge in [0.25, 0.3) is 0 Å². The van der Waals surface area contributed by atoms with E-state index >= 15 is 0 Å². The third kappa shape index (κ3) is 4.58. The van der Waals surface area contributed by atoms with Crippen LogP contribution in [-0.2, 0) is 0 Å². The summed E-state index contributed by atoms with van der Waals surface area (Å²) in [6.07, 6.45) is 8.79. The van der Waals surface area contributed by atoms with Crippen molar-refractivity contribution in [3.8, 4) is 0 Å². The van der Waals surface area contributed by atoms with Gasteiger partial charge in [-0.1, -0.05) is 124 Å². The van der Waals surface area contributed by atoms with Crippen molar-refractivity contribution in [3.63, 3.8) is 0 Å². The molecule has 4 aromatic carbocycles. The van der Waals surface area contributed by atoms with E-state index in [1.54, 1.807) is 0 Å². The summed E-state index contributed by atoms with van der Waals surface area (Å²) in [7, 11) is 0. The molecule has 0 nitrogen and oxygen atoms in total. The Labute approximate surface area is 181 Å². The van der Waals surface area contributed by atoms with Crippen molar-refractivity contribution in [2.24, 2.45) is 0 Å². The molecule has 0 radical (unpaired) electrons. The Morgan fingerprint density at radius 2 is 1.07 bits per heavy atom. The fraction of sp³-hybridized carbons (Fsp3) is 0.0714. The fourth-order valence-electron chi connectivity index (χ4n) is 3.43. The van der Waals surface area contributed by atoms with Crippen LogP contribution in [-0.4, -0.2) is 0 Å². The van der Waals surface area contributed by atoms with Crippen LogP contribution in [0.25, 0.3) is 35.1 Å². The van der Waals surface area contributed by atoms with E-state index in [9.17, 15) is 0 Å².